The van der Waals surface area contributed by atoms with E-state index in [0.29, 0.717) is 11.8 Å². The number of nitrogens with zero attached hydrogens (tertiary/aromatic N) is 1. The predicted molar refractivity (Wildman–Crippen MR) is 60.2 cm³/mol. The lowest BCUT2D eigenvalue weighted by Gasteiger charge is -2.29. The van der Waals surface area contributed by atoms with Gasteiger partial charge >= 0.3 is 0 Å². The molecule has 0 atom stereocenters. The Morgan fingerprint density at radius 1 is 1.54 bits per heavy atom. The van der Waals surface area contributed by atoms with Crippen molar-refractivity contribution in [1.29, 1.82) is 0 Å². The van der Waals surface area contributed by atoms with E-state index in [1.54, 1.807) is 17.5 Å². The lowest BCUT2D eigenvalue weighted by Crippen LogP contribution is -2.41. The Labute approximate surface area is 92.3 Å². The first kappa shape index (κ1) is 11.1. The van der Waals surface area contributed by atoms with Crippen LogP contribution in [-0.2, 0) is 0 Å². The maximum Gasteiger partial charge on any atom is 0.183 e. The maximum absolute atomic E-state index is 5.87. The highest BCUT2D eigenvalue weighted by Crippen LogP contribution is 2.23. The van der Waals surface area contributed by atoms with E-state index < -0.39 is 0 Å². The first-order valence-corrected chi connectivity index (χ1v) is 6.01. The van der Waals surface area contributed by atoms with E-state index in [1.807, 2.05) is 5.38 Å². The van der Waals surface area contributed by atoms with Crippen molar-refractivity contribution < 1.29 is 0 Å². The van der Waals surface area contributed by atoms with Gasteiger partial charge in [0, 0.05) is 23.3 Å². The van der Waals surface area contributed by atoms with E-state index in [0.717, 1.165) is 11.6 Å². The number of hydrogen-bond donors (Lipinski definition) is 1. The van der Waals surface area contributed by atoms with Crippen LogP contribution < -0.4 is 5.32 Å². The van der Waals surface area contributed by atoms with Crippen LogP contribution in [0, 0.1) is 0 Å². The highest BCUT2D eigenvalue weighted by molar-refractivity contribution is 7.13. The maximum atomic E-state index is 5.87. The van der Waals surface area contributed by atoms with Crippen LogP contribution in [0.1, 0.15) is 13.3 Å². The first-order chi connectivity index (χ1) is 6.26. The average molecular weight is 239 g/mol. The van der Waals surface area contributed by atoms with Gasteiger partial charge in [0.15, 0.2) is 5.13 Å². The number of rotatable bonds is 5. The molecule has 0 saturated heterocycles. The topological polar surface area (TPSA) is 24.9 Å². The van der Waals surface area contributed by atoms with Gasteiger partial charge in [-0.25, -0.2) is 4.98 Å². The van der Waals surface area contributed by atoms with E-state index in [4.69, 9.17) is 23.2 Å². The van der Waals surface area contributed by atoms with Crippen molar-refractivity contribution in [2.75, 3.05) is 17.1 Å². The number of alkyl halides is 2. The molecule has 1 rings (SSSR count). The summed E-state index contributed by atoms with van der Waals surface area (Å²) in [6.45, 7) is 2.06. The van der Waals surface area contributed by atoms with Gasteiger partial charge < -0.3 is 5.32 Å². The average Bonchev–Trinajstić information content (AvgIpc) is 2.67. The van der Waals surface area contributed by atoms with Gasteiger partial charge in [-0.15, -0.1) is 34.5 Å². The van der Waals surface area contributed by atoms with Crippen molar-refractivity contribution in [3.8, 4) is 0 Å². The van der Waals surface area contributed by atoms with Gasteiger partial charge in [-0.2, -0.15) is 0 Å². The SMILES string of the molecule is CCC(CCl)(CCl)Nc1nccs1. The molecule has 0 aliphatic rings. The molecule has 74 valence electrons. The lowest BCUT2D eigenvalue weighted by atomic mass is 10.0. The molecule has 2 nitrogen and oxygen atoms in total. The summed E-state index contributed by atoms with van der Waals surface area (Å²) in [5.74, 6) is 0.985. The minimum absolute atomic E-state index is 0.221. The molecule has 1 aromatic rings. The van der Waals surface area contributed by atoms with Crippen LogP contribution in [0.3, 0.4) is 0 Å². The van der Waals surface area contributed by atoms with Crippen molar-refractivity contribution in [2.24, 2.45) is 0 Å². The number of thiazole rings is 1. The third kappa shape index (κ3) is 2.73. The quantitative estimate of drug-likeness (QED) is 0.798. The summed E-state index contributed by atoms with van der Waals surface area (Å²) in [6, 6.07) is 0. The Hall–Kier alpha value is 0.01000. The molecular weight excluding hydrogens is 227 g/mol. The summed E-state index contributed by atoms with van der Waals surface area (Å²) in [5.41, 5.74) is -0.221. The highest BCUT2D eigenvalue weighted by atomic mass is 35.5. The van der Waals surface area contributed by atoms with Crippen LogP contribution in [0.4, 0.5) is 5.13 Å². The van der Waals surface area contributed by atoms with E-state index in [2.05, 4.69) is 17.2 Å². The Morgan fingerprint density at radius 2 is 2.23 bits per heavy atom. The van der Waals surface area contributed by atoms with Crippen molar-refractivity contribution in [3.63, 3.8) is 0 Å². The molecule has 0 amide bonds. The molecule has 1 heterocycles. The number of aromatic nitrogens is 1. The Morgan fingerprint density at radius 3 is 2.62 bits per heavy atom. The molecule has 5 heteroatoms. The largest absolute Gasteiger partial charge is 0.354 e. The number of hydrogen-bond acceptors (Lipinski definition) is 3. The first-order valence-electron chi connectivity index (χ1n) is 4.06. The zero-order valence-electron chi connectivity index (χ0n) is 7.39. The van der Waals surface area contributed by atoms with Crippen molar-refractivity contribution in [2.45, 2.75) is 18.9 Å². The Balaban J connectivity index is 2.67. The van der Waals surface area contributed by atoms with E-state index in [9.17, 15) is 0 Å². The van der Waals surface area contributed by atoms with Crippen molar-refractivity contribution >= 4 is 39.7 Å². The van der Waals surface area contributed by atoms with Crippen LogP contribution in [0.5, 0.6) is 0 Å². The fraction of sp³-hybridized carbons (Fsp3) is 0.625. The second kappa shape index (κ2) is 5.03. The van der Waals surface area contributed by atoms with Crippen LogP contribution in [0.15, 0.2) is 11.6 Å². The monoisotopic (exact) mass is 238 g/mol. The van der Waals surface area contributed by atoms with Gasteiger partial charge in [-0.1, -0.05) is 6.92 Å². The molecule has 0 unspecified atom stereocenters. The minimum Gasteiger partial charge on any atom is -0.354 e. The van der Waals surface area contributed by atoms with Gasteiger partial charge in [0.25, 0.3) is 0 Å². The highest BCUT2D eigenvalue weighted by Gasteiger charge is 2.26. The molecular formula is C8H12Cl2N2S. The molecule has 0 bridgehead atoms. The minimum atomic E-state index is -0.221. The lowest BCUT2D eigenvalue weighted by molar-refractivity contribution is 0.560. The third-order valence-corrected chi connectivity index (χ3v) is 3.70. The summed E-state index contributed by atoms with van der Waals surface area (Å²) in [6.07, 6.45) is 2.65. The smallest absolute Gasteiger partial charge is 0.183 e. The molecule has 0 fully saturated rings. The van der Waals surface area contributed by atoms with Crippen molar-refractivity contribution in [3.05, 3.63) is 11.6 Å². The summed E-state index contributed by atoms with van der Waals surface area (Å²) in [7, 11) is 0. The third-order valence-electron chi connectivity index (χ3n) is 1.99. The molecule has 1 aromatic heterocycles. The Kier molecular flexibility index (Phi) is 4.29. The fourth-order valence-electron chi connectivity index (χ4n) is 0.892. The van der Waals surface area contributed by atoms with Gasteiger partial charge in [0.2, 0.25) is 0 Å². The van der Waals surface area contributed by atoms with E-state index in [-0.39, 0.29) is 5.54 Å². The van der Waals surface area contributed by atoms with Crippen LogP contribution in [-0.4, -0.2) is 22.3 Å². The fourth-order valence-corrected chi connectivity index (χ4v) is 2.34. The zero-order valence-corrected chi connectivity index (χ0v) is 9.72. The van der Waals surface area contributed by atoms with Gasteiger partial charge in [-0.3, -0.25) is 0 Å². The molecule has 0 aliphatic heterocycles. The summed E-state index contributed by atoms with van der Waals surface area (Å²) in [4.78, 5) is 4.14. The summed E-state index contributed by atoms with van der Waals surface area (Å²) in [5, 5.41) is 6.06. The van der Waals surface area contributed by atoms with Crippen LogP contribution in [0.2, 0.25) is 0 Å². The van der Waals surface area contributed by atoms with E-state index >= 15 is 0 Å². The molecule has 0 radical (unpaired) electrons. The molecule has 0 saturated carbocycles. The van der Waals surface area contributed by atoms with Gasteiger partial charge in [0.1, 0.15) is 0 Å². The number of nitrogens with one attached hydrogen (secondary N) is 1. The molecule has 1 N–H and O–H groups in total. The molecule has 0 aromatic carbocycles. The summed E-state index contributed by atoms with van der Waals surface area (Å²) >= 11 is 13.3. The standard InChI is InChI=1S/C8H12Cl2N2S/c1-2-8(5-9,6-10)12-7-11-3-4-13-7/h3-4H,2,5-6H2,1H3,(H,11,12). The molecule has 0 aliphatic carbocycles. The van der Waals surface area contributed by atoms with Crippen LogP contribution in [0.25, 0.3) is 0 Å². The second-order valence-corrected chi connectivity index (χ2v) is 4.29. The molecule has 0 spiro atoms. The Bertz CT molecular complexity index is 226. The number of halogens is 2. The van der Waals surface area contributed by atoms with Crippen LogP contribution >= 0.6 is 34.5 Å². The normalized spacial score (nSPS) is 11.6. The van der Waals surface area contributed by atoms with E-state index in [1.165, 1.54) is 0 Å². The number of anilines is 1. The van der Waals surface area contributed by atoms with Gasteiger partial charge in [-0.05, 0) is 6.42 Å². The van der Waals surface area contributed by atoms with Gasteiger partial charge in [0.05, 0.1) is 5.54 Å². The molecule has 13 heavy (non-hydrogen) atoms. The van der Waals surface area contributed by atoms with Crippen molar-refractivity contribution in [1.82, 2.24) is 4.98 Å². The zero-order chi connectivity index (χ0) is 9.73. The second-order valence-electron chi connectivity index (χ2n) is 2.86. The summed E-state index contributed by atoms with van der Waals surface area (Å²) < 4.78 is 0. The predicted octanol–water partition coefficient (Wildman–Crippen LogP) is 3.18.